The van der Waals surface area contributed by atoms with Gasteiger partial charge < -0.3 is 10.2 Å². The Balaban J connectivity index is 1.57. The highest BCUT2D eigenvalue weighted by molar-refractivity contribution is 6.34. The third-order valence-electron chi connectivity index (χ3n) is 6.04. The average molecular weight is 484 g/mol. The quantitative estimate of drug-likeness (QED) is 0.688. The van der Waals surface area contributed by atoms with E-state index in [0.717, 1.165) is 25.3 Å². The van der Waals surface area contributed by atoms with Gasteiger partial charge in [-0.2, -0.15) is 13.2 Å². The lowest BCUT2D eigenvalue weighted by Gasteiger charge is -2.47. The lowest BCUT2D eigenvalue weighted by Crippen LogP contribution is -2.67. The molecular formula is C21H18Cl2F3N5O. The van der Waals surface area contributed by atoms with E-state index in [1.807, 2.05) is 4.90 Å². The molecule has 2 saturated heterocycles. The average Bonchev–Trinajstić information content (AvgIpc) is 3.13. The van der Waals surface area contributed by atoms with Crippen LogP contribution in [0.25, 0.3) is 0 Å². The molecule has 1 amide bonds. The first-order chi connectivity index (χ1) is 15.2. The Bertz CT molecular complexity index is 1090. The summed E-state index contributed by atoms with van der Waals surface area (Å²) in [6.07, 6.45) is -0.866. The predicted molar refractivity (Wildman–Crippen MR) is 113 cm³/mol. The zero-order valence-electron chi connectivity index (χ0n) is 16.6. The number of piperazine rings is 1. The van der Waals surface area contributed by atoms with E-state index in [1.54, 1.807) is 12.1 Å². The minimum absolute atomic E-state index is 0.0791. The fraction of sp³-hybridized carbons (Fsp3) is 0.381. The van der Waals surface area contributed by atoms with E-state index in [2.05, 4.69) is 15.4 Å². The van der Waals surface area contributed by atoms with Crippen molar-refractivity contribution >= 4 is 34.9 Å². The molecule has 32 heavy (non-hydrogen) atoms. The van der Waals surface area contributed by atoms with Crippen LogP contribution in [0, 0.1) is 0 Å². The van der Waals surface area contributed by atoms with Gasteiger partial charge in [0.1, 0.15) is 11.9 Å². The zero-order chi connectivity index (χ0) is 22.6. The van der Waals surface area contributed by atoms with E-state index in [0.29, 0.717) is 23.1 Å². The largest absolute Gasteiger partial charge is 0.417 e. The predicted octanol–water partition coefficient (Wildman–Crippen LogP) is 4.38. The maximum absolute atomic E-state index is 13.5. The summed E-state index contributed by atoms with van der Waals surface area (Å²) >= 11 is 12.0. The number of alkyl halides is 3. The number of piperidine rings is 1. The Kier molecular flexibility index (Phi) is 5.30. The van der Waals surface area contributed by atoms with Gasteiger partial charge in [0.15, 0.2) is 5.84 Å². The summed E-state index contributed by atoms with van der Waals surface area (Å²) in [5, 5.41) is 9.15. The third-order valence-corrected chi connectivity index (χ3v) is 6.67. The third kappa shape index (κ3) is 3.62. The summed E-state index contributed by atoms with van der Waals surface area (Å²) in [5.74, 6) is -0.201. The van der Waals surface area contributed by atoms with E-state index in [1.165, 1.54) is 23.3 Å². The molecule has 3 atom stereocenters. The van der Waals surface area contributed by atoms with Gasteiger partial charge in [-0.3, -0.25) is 9.78 Å². The number of fused-ring (bicyclic) bond motifs is 4. The van der Waals surface area contributed by atoms with E-state index in [-0.39, 0.29) is 17.6 Å². The molecule has 2 bridgehead atoms. The van der Waals surface area contributed by atoms with Gasteiger partial charge in [0, 0.05) is 24.8 Å². The summed E-state index contributed by atoms with van der Waals surface area (Å²) in [5.41, 5.74) is -0.762. The Hall–Kier alpha value is -2.36. The molecule has 2 fully saturated rings. The first-order valence-electron chi connectivity index (χ1n) is 10.2. The fourth-order valence-electron chi connectivity index (χ4n) is 4.64. The van der Waals surface area contributed by atoms with Crippen molar-refractivity contribution in [1.29, 1.82) is 0 Å². The smallest absolute Gasteiger partial charge is 0.328 e. The van der Waals surface area contributed by atoms with Gasteiger partial charge >= 0.3 is 6.18 Å². The normalized spacial score (nSPS) is 24.9. The molecule has 3 aliphatic heterocycles. The van der Waals surface area contributed by atoms with E-state index in [4.69, 9.17) is 23.2 Å². The molecule has 3 aliphatic rings. The number of amidine groups is 1. The standard InChI is InChI=1S/C21H18Cl2F3N5O/c22-11-7-8-15(27-9-11)18-29-31(19-16-6-1-3-12(28-16)10-30(18)19)20(32)13-4-2-5-14(17(13)23)21(24,25)26/h2,4-5,7-9,12,16,19,28H,1,3,6,10H2/t12-,16+,19?/m0/s1. The van der Waals surface area contributed by atoms with Crippen LogP contribution in [-0.2, 0) is 6.18 Å². The molecule has 11 heteroatoms. The second-order valence-corrected chi connectivity index (χ2v) is 8.88. The summed E-state index contributed by atoms with van der Waals surface area (Å²) in [4.78, 5) is 19.8. The Labute approximate surface area is 192 Å². The molecule has 168 valence electrons. The first-order valence-corrected chi connectivity index (χ1v) is 10.9. The van der Waals surface area contributed by atoms with Crippen LogP contribution in [0.2, 0.25) is 10.0 Å². The van der Waals surface area contributed by atoms with Crippen molar-refractivity contribution in [2.75, 3.05) is 6.54 Å². The van der Waals surface area contributed by atoms with Crippen molar-refractivity contribution in [3.63, 3.8) is 0 Å². The monoisotopic (exact) mass is 483 g/mol. The SMILES string of the molecule is O=C(c1cccc(C(F)(F)F)c1Cl)N1N=C(c2ccc(Cl)cn2)N2C[C@@H]3CCC[C@@H](N3)C21. The van der Waals surface area contributed by atoms with Gasteiger partial charge in [-0.05, 0) is 37.1 Å². The van der Waals surface area contributed by atoms with Crippen molar-refractivity contribution in [1.82, 2.24) is 20.2 Å². The number of carbonyl (C=O) groups is 1. The molecule has 6 nitrogen and oxygen atoms in total. The second-order valence-electron chi connectivity index (χ2n) is 8.07. The van der Waals surface area contributed by atoms with Gasteiger partial charge in [0.05, 0.1) is 21.2 Å². The summed E-state index contributed by atoms with van der Waals surface area (Å²) < 4.78 is 40.0. The van der Waals surface area contributed by atoms with Crippen molar-refractivity contribution in [2.45, 2.75) is 43.7 Å². The number of halogens is 5. The number of nitrogens with zero attached hydrogens (tertiary/aromatic N) is 4. The van der Waals surface area contributed by atoms with Crippen LogP contribution >= 0.6 is 23.2 Å². The molecule has 0 radical (unpaired) electrons. The van der Waals surface area contributed by atoms with E-state index >= 15 is 0 Å². The summed E-state index contributed by atoms with van der Waals surface area (Å²) in [7, 11) is 0. The first kappa shape index (κ1) is 21.5. The van der Waals surface area contributed by atoms with Crippen LogP contribution in [0.15, 0.2) is 41.6 Å². The van der Waals surface area contributed by atoms with Crippen LogP contribution in [-0.4, -0.2) is 51.4 Å². The topological polar surface area (TPSA) is 60.8 Å². The Morgan fingerprint density at radius 3 is 2.69 bits per heavy atom. The van der Waals surface area contributed by atoms with Crippen LogP contribution in [0.4, 0.5) is 13.2 Å². The Morgan fingerprint density at radius 1 is 1.16 bits per heavy atom. The van der Waals surface area contributed by atoms with Crippen molar-refractivity contribution in [3.8, 4) is 0 Å². The van der Waals surface area contributed by atoms with E-state index in [9.17, 15) is 18.0 Å². The van der Waals surface area contributed by atoms with Crippen molar-refractivity contribution in [2.24, 2.45) is 5.10 Å². The zero-order valence-corrected chi connectivity index (χ0v) is 18.1. The maximum Gasteiger partial charge on any atom is 0.417 e. The minimum Gasteiger partial charge on any atom is -0.328 e. The van der Waals surface area contributed by atoms with Gasteiger partial charge in [-0.15, -0.1) is 5.10 Å². The highest BCUT2D eigenvalue weighted by Crippen LogP contribution is 2.38. The number of amides is 1. The number of hydrazone groups is 1. The van der Waals surface area contributed by atoms with E-state index < -0.39 is 28.8 Å². The molecule has 0 saturated carbocycles. The lowest BCUT2D eigenvalue weighted by atomic mass is 9.91. The minimum atomic E-state index is -4.67. The summed E-state index contributed by atoms with van der Waals surface area (Å²) in [6, 6.07) is 6.87. The maximum atomic E-state index is 13.5. The fourth-order valence-corrected chi connectivity index (χ4v) is 5.07. The molecule has 0 aliphatic carbocycles. The van der Waals surface area contributed by atoms with Crippen LogP contribution in [0.5, 0.6) is 0 Å². The molecular weight excluding hydrogens is 466 g/mol. The Morgan fingerprint density at radius 2 is 1.97 bits per heavy atom. The molecule has 1 aromatic heterocycles. The van der Waals surface area contributed by atoms with Crippen LogP contribution < -0.4 is 5.32 Å². The van der Waals surface area contributed by atoms with Crippen LogP contribution in [0.3, 0.4) is 0 Å². The summed E-state index contributed by atoms with van der Waals surface area (Å²) in [6.45, 7) is 0.602. The van der Waals surface area contributed by atoms with Crippen molar-refractivity contribution in [3.05, 3.63) is 63.4 Å². The number of pyridine rings is 1. The number of rotatable bonds is 2. The molecule has 2 aromatic rings. The van der Waals surface area contributed by atoms with Gasteiger partial charge in [0.25, 0.3) is 5.91 Å². The highest BCUT2D eigenvalue weighted by atomic mass is 35.5. The van der Waals surface area contributed by atoms with Crippen LogP contribution in [0.1, 0.15) is 40.9 Å². The lowest BCUT2D eigenvalue weighted by molar-refractivity contribution is -0.137. The molecule has 1 N–H and O–H groups in total. The molecule has 5 rings (SSSR count). The molecule has 1 aromatic carbocycles. The highest BCUT2D eigenvalue weighted by Gasteiger charge is 2.49. The molecule has 0 spiro atoms. The number of hydrogen-bond acceptors (Lipinski definition) is 5. The molecule has 4 heterocycles. The van der Waals surface area contributed by atoms with Crippen molar-refractivity contribution < 1.29 is 18.0 Å². The van der Waals surface area contributed by atoms with Gasteiger partial charge in [0.2, 0.25) is 0 Å². The van der Waals surface area contributed by atoms with Gasteiger partial charge in [-0.25, -0.2) is 5.01 Å². The second kappa shape index (κ2) is 7.90. The number of benzene rings is 1. The number of aromatic nitrogens is 1. The van der Waals surface area contributed by atoms with Gasteiger partial charge in [-0.1, -0.05) is 35.7 Å². The number of hydrogen-bond donors (Lipinski definition) is 1. The number of carbonyl (C=O) groups excluding carboxylic acids is 1. The number of nitrogens with one attached hydrogen (secondary N) is 1. The molecule has 1 unspecified atom stereocenters.